The predicted molar refractivity (Wildman–Crippen MR) is 254 cm³/mol. The minimum Gasteiger partial charge on any atom is -0.394 e. The molecule has 0 aromatic heterocycles. The molecule has 0 aromatic rings. The topological polar surface area (TPSA) is 228 Å². The van der Waals surface area contributed by atoms with Gasteiger partial charge in [-0.15, -0.1) is 0 Å². The van der Waals surface area contributed by atoms with Gasteiger partial charge in [0.1, 0.15) is 48.8 Å². The quantitative estimate of drug-likeness (QED) is 0.0219. The molecular weight excluding hydrogens is 835 g/mol. The summed E-state index contributed by atoms with van der Waals surface area (Å²) in [5, 5.41) is 86.7. The van der Waals surface area contributed by atoms with Crippen LogP contribution in [0.2, 0.25) is 0 Å². The van der Waals surface area contributed by atoms with Crippen LogP contribution in [0.5, 0.6) is 0 Å². The zero-order valence-corrected chi connectivity index (χ0v) is 40.7. The van der Waals surface area contributed by atoms with Crippen LogP contribution in [0, 0.1) is 0 Å². The fourth-order valence-electron chi connectivity index (χ4n) is 8.88. The number of unbranched alkanes of at least 4 members (excludes halogenated alkanes) is 28. The number of nitrogens with one attached hydrogen (secondary N) is 1. The van der Waals surface area contributed by atoms with E-state index in [1.54, 1.807) is 6.08 Å². The van der Waals surface area contributed by atoms with Crippen molar-refractivity contribution in [3.63, 3.8) is 0 Å². The molecule has 65 heavy (non-hydrogen) atoms. The van der Waals surface area contributed by atoms with E-state index in [2.05, 4.69) is 19.2 Å². The van der Waals surface area contributed by atoms with E-state index in [-0.39, 0.29) is 18.9 Å². The summed E-state index contributed by atoms with van der Waals surface area (Å²) in [5.74, 6) is -0.237. The van der Waals surface area contributed by atoms with E-state index in [0.717, 1.165) is 38.5 Å². The summed E-state index contributed by atoms with van der Waals surface area (Å²) in [7, 11) is 0. The molecule has 384 valence electrons. The molecule has 12 atom stereocenters. The van der Waals surface area contributed by atoms with E-state index in [1.165, 1.54) is 148 Å². The lowest BCUT2D eigenvalue weighted by Crippen LogP contribution is -2.65. The van der Waals surface area contributed by atoms with Gasteiger partial charge in [-0.05, 0) is 19.3 Å². The summed E-state index contributed by atoms with van der Waals surface area (Å²) >= 11 is 0. The van der Waals surface area contributed by atoms with Gasteiger partial charge in [0.05, 0.1) is 32.0 Å². The largest absolute Gasteiger partial charge is 0.394 e. The van der Waals surface area contributed by atoms with Crippen molar-refractivity contribution >= 4 is 5.91 Å². The molecule has 0 radical (unpaired) electrons. The van der Waals surface area contributed by atoms with E-state index in [4.69, 9.17) is 18.9 Å². The van der Waals surface area contributed by atoms with Crippen molar-refractivity contribution in [3.8, 4) is 0 Å². The van der Waals surface area contributed by atoms with E-state index < -0.39 is 86.8 Å². The van der Waals surface area contributed by atoms with Gasteiger partial charge >= 0.3 is 0 Å². The maximum Gasteiger partial charge on any atom is 0.220 e. The summed E-state index contributed by atoms with van der Waals surface area (Å²) in [6.45, 7) is 2.79. The van der Waals surface area contributed by atoms with Gasteiger partial charge in [-0.2, -0.15) is 0 Å². The monoisotopic (exact) mass is 932 g/mol. The third-order valence-electron chi connectivity index (χ3n) is 13.2. The number of aliphatic hydroxyl groups is 8. The standard InChI is InChI=1S/C51H97NO13/c1-3-5-7-9-11-13-15-17-18-19-20-21-22-23-25-27-29-31-33-35-43(56)52-39(40(55)34-32-30-28-26-24-16-14-12-10-8-6-4-2)38-62-50-48(61)46(59)49(42(37-54)64-50)65-51-47(60)45(58)44(57)41(36-53)63-51/h32,34,39-42,44-51,53-55,57-61H,3-31,33,35-38H2,1-2H3,(H,52,56)/b34-32+. The molecule has 12 unspecified atom stereocenters. The molecule has 14 heteroatoms. The minimum absolute atomic E-state index is 0.237. The summed E-state index contributed by atoms with van der Waals surface area (Å²) in [6, 6.07) is -0.907. The summed E-state index contributed by atoms with van der Waals surface area (Å²) in [4.78, 5) is 13.2. The highest BCUT2D eigenvalue weighted by atomic mass is 16.7. The van der Waals surface area contributed by atoms with Crippen molar-refractivity contribution in [1.29, 1.82) is 0 Å². The molecule has 0 aliphatic carbocycles. The Balaban J connectivity index is 1.80. The molecule has 2 aliphatic rings. The van der Waals surface area contributed by atoms with Gasteiger partial charge in [-0.3, -0.25) is 4.79 Å². The third-order valence-corrected chi connectivity index (χ3v) is 13.2. The first-order chi connectivity index (χ1) is 31.6. The SMILES string of the molecule is CCCCCCCCCCCC/C=C/C(O)C(COC1OC(CO)C(OC2OC(CO)C(O)C(O)C2O)C(O)C1O)NC(=O)CCCCCCCCCCCCCCCCCCCCC. The third kappa shape index (κ3) is 25.8. The molecule has 2 saturated heterocycles. The minimum atomic E-state index is -1.78. The molecule has 0 aromatic carbocycles. The Morgan fingerprint density at radius 2 is 0.954 bits per heavy atom. The predicted octanol–water partition coefficient (Wildman–Crippen LogP) is 7.16. The number of carbonyl (C=O) groups excluding carboxylic acids is 1. The zero-order valence-electron chi connectivity index (χ0n) is 40.7. The first-order valence-corrected chi connectivity index (χ1v) is 26.4. The van der Waals surface area contributed by atoms with Crippen LogP contribution >= 0.6 is 0 Å². The Morgan fingerprint density at radius 1 is 0.538 bits per heavy atom. The summed E-state index contributed by atoms with van der Waals surface area (Å²) < 4.78 is 22.7. The van der Waals surface area contributed by atoms with Crippen molar-refractivity contribution in [2.24, 2.45) is 0 Å². The van der Waals surface area contributed by atoms with Gasteiger partial charge in [-0.25, -0.2) is 0 Å². The van der Waals surface area contributed by atoms with E-state index in [0.29, 0.717) is 6.42 Å². The Morgan fingerprint density at radius 3 is 1.42 bits per heavy atom. The number of hydrogen-bond donors (Lipinski definition) is 9. The molecule has 0 saturated carbocycles. The van der Waals surface area contributed by atoms with Crippen molar-refractivity contribution in [1.82, 2.24) is 5.32 Å². The lowest BCUT2D eigenvalue weighted by Gasteiger charge is -2.46. The second-order valence-corrected chi connectivity index (χ2v) is 19.0. The number of allylic oxidation sites excluding steroid dienone is 1. The Bertz CT molecular complexity index is 1150. The number of hydrogen-bond acceptors (Lipinski definition) is 13. The van der Waals surface area contributed by atoms with E-state index in [1.807, 2.05) is 6.08 Å². The molecule has 0 bridgehead atoms. The van der Waals surface area contributed by atoms with Gasteiger partial charge in [-0.1, -0.05) is 199 Å². The lowest BCUT2D eigenvalue weighted by molar-refractivity contribution is -0.359. The first kappa shape index (κ1) is 59.9. The zero-order chi connectivity index (χ0) is 47.5. The van der Waals surface area contributed by atoms with Gasteiger partial charge in [0.25, 0.3) is 0 Å². The van der Waals surface area contributed by atoms with Crippen LogP contribution in [0.15, 0.2) is 12.2 Å². The molecular formula is C51H97NO13. The van der Waals surface area contributed by atoms with Gasteiger partial charge < -0.3 is 65.1 Å². The fraction of sp³-hybridized carbons (Fsp3) is 0.941. The summed E-state index contributed by atoms with van der Waals surface area (Å²) in [6.07, 6.45) is 23.9. The summed E-state index contributed by atoms with van der Waals surface area (Å²) in [5.41, 5.74) is 0. The number of carbonyl (C=O) groups is 1. The number of amides is 1. The Hall–Kier alpha value is -1.27. The molecule has 1 amide bonds. The van der Waals surface area contributed by atoms with E-state index in [9.17, 15) is 45.6 Å². The Labute approximate surface area is 393 Å². The smallest absolute Gasteiger partial charge is 0.220 e. The van der Waals surface area contributed by atoms with Gasteiger partial charge in [0, 0.05) is 6.42 Å². The average molecular weight is 932 g/mol. The van der Waals surface area contributed by atoms with Crippen LogP contribution in [-0.4, -0.2) is 140 Å². The van der Waals surface area contributed by atoms with Gasteiger partial charge in [0.15, 0.2) is 12.6 Å². The van der Waals surface area contributed by atoms with Crippen LogP contribution in [0.1, 0.15) is 213 Å². The molecule has 2 heterocycles. The second-order valence-electron chi connectivity index (χ2n) is 19.0. The normalized spacial score (nSPS) is 27.0. The second kappa shape index (κ2) is 38.6. The number of rotatable bonds is 41. The van der Waals surface area contributed by atoms with E-state index >= 15 is 0 Å². The maximum absolute atomic E-state index is 13.2. The number of aliphatic hydroxyl groups excluding tert-OH is 8. The van der Waals surface area contributed by atoms with Crippen LogP contribution in [0.4, 0.5) is 0 Å². The highest BCUT2D eigenvalue weighted by Crippen LogP contribution is 2.30. The molecule has 2 aliphatic heterocycles. The molecule has 2 fully saturated rings. The fourth-order valence-corrected chi connectivity index (χ4v) is 8.88. The van der Waals surface area contributed by atoms with Crippen LogP contribution in [0.25, 0.3) is 0 Å². The van der Waals surface area contributed by atoms with Crippen molar-refractivity contribution in [3.05, 3.63) is 12.2 Å². The first-order valence-electron chi connectivity index (χ1n) is 26.4. The van der Waals surface area contributed by atoms with Crippen molar-refractivity contribution < 1.29 is 64.6 Å². The molecule has 2 rings (SSSR count). The van der Waals surface area contributed by atoms with Crippen LogP contribution in [-0.2, 0) is 23.7 Å². The van der Waals surface area contributed by atoms with Crippen LogP contribution in [0.3, 0.4) is 0 Å². The molecule has 0 spiro atoms. The highest BCUT2D eigenvalue weighted by Gasteiger charge is 2.51. The van der Waals surface area contributed by atoms with Crippen molar-refractivity contribution in [2.75, 3.05) is 19.8 Å². The highest BCUT2D eigenvalue weighted by molar-refractivity contribution is 5.76. The molecule has 14 nitrogen and oxygen atoms in total. The molecule has 9 N–H and O–H groups in total. The van der Waals surface area contributed by atoms with Crippen LogP contribution < -0.4 is 5.32 Å². The Kier molecular flexibility index (Phi) is 35.5. The average Bonchev–Trinajstić information content (AvgIpc) is 3.30. The van der Waals surface area contributed by atoms with Crippen molar-refractivity contribution in [2.45, 2.75) is 286 Å². The maximum atomic E-state index is 13.2. The lowest BCUT2D eigenvalue weighted by atomic mass is 9.97. The number of ether oxygens (including phenoxy) is 4. The van der Waals surface area contributed by atoms with Gasteiger partial charge in [0.2, 0.25) is 5.91 Å².